The Morgan fingerprint density at radius 3 is 1.33 bits per heavy atom. The van der Waals surface area contributed by atoms with Crippen LogP contribution in [0.5, 0.6) is 0 Å². The number of aryl methyl sites for hydroxylation is 3. The first-order valence-electron chi connectivity index (χ1n) is 36.2. The van der Waals surface area contributed by atoms with Crippen LogP contribution < -0.4 is 26.2 Å². The summed E-state index contributed by atoms with van der Waals surface area (Å²) in [4.78, 5) is 81.0. The van der Waals surface area contributed by atoms with Gasteiger partial charge in [0.1, 0.15) is 40.9 Å². The molecular formula is C79H108ClN13O9. The van der Waals surface area contributed by atoms with E-state index in [2.05, 4.69) is 105 Å². The number of nitrogens with zero attached hydrogens (tertiary/aromatic N) is 9. The number of para-hydroxylation sites is 2. The number of fused-ring (bicyclic) bond motifs is 5. The molecule has 0 saturated heterocycles. The van der Waals surface area contributed by atoms with Gasteiger partial charge in [-0.05, 0) is 201 Å². The molecule has 12 rings (SSSR count). The molecule has 0 radical (unpaired) electrons. The molecule has 0 spiro atoms. The zero-order chi connectivity index (χ0) is 73.8. The number of aliphatic hydroxyl groups is 1. The quantitative estimate of drug-likeness (QED) is 0.0333. The summed E-state index contributed by atoms with van der Waals surface area (Å²) in [5, 5.41) is 20.9. The van der Waals surface area contributed by atoms with Crippen molar-refractivity contribution in [1.82, 2.24) is 54.4 Å². The summed E-state index contributed by atoms with van der Waals surface area (Å²) in [5.41, 5.74) is 11.4. The van der Waals surface area contributed by atoms with Gasteiger partial charge in [0.05, 0.1) is 51.2 Å². The number of amides is 7. The van der Waals surface area contributed by atoms with E-state index in [4.69, 9.17) is 30.8 Å². The van der Waals surface area contributed by atoms with E-state index in [-0.39, 0.29) is 18.7 Å². The third-order valence-electron chi connectivity index (χ3n) is 17.5. The van der Waals surface area contributed by atoms with E-state index in [0.29, 0.717) is 74.3 Å². The molecule has 2 aliphatic heterocycles. The highest BCUT2D eigenvalue weighted by Crippen LogP contribution is 2.38. The number of rotatable bonds is 21. The number of ether oxygens (including phenoxy) is 3. The molecule has 8 aromatic rings. The van der Waals surface area contributed by atoms with Crippen LogP contribution in [0.1, 0.15) is 194 Å². The fraction of sp³-hybridized carbons (Fsp3) is 0.519. The predicted octanol–water partition coefficient (Wildman–Crippen LogP) is 16.9. The molecule has 5 aromatic carbocycles. The maximum Gasteiger partial charge on any atom is 0.407 e. The molecule has 102 heavy (non-hydrogen) atoms. The number of carbonyl (C=O) groups is 5. The summed E-state index contributed by atoms with van der Waals surface area (Å²) < 4.78 is 22.4. The van der Waals surface area contributed by atoms with Crippen LogP contribution in [0.4, 0.5) is 35.3 Å². The second-order valence-electron chi connectivity index (χ2n) is 31.2. The molecule has 2 aliphatic carbocycles. The van der Waals surface area contributed by atoms with Gasteiger partial charge in [-0.25, -0.2) is 38.9 Å². The van der Waals surface area contributed by atoms with Crippen LogP contribution in [-0.2, 0) is 85.6 Å². The molecule has 3 aromatic heterocycles. The average Bonchev–Trinajstić information content (AvgIpc) is 1.70. The lowest BCUT2D eigenvalue weighted by molar-refractivity contribution is 0.0512. The average molecular weight is 1420 g/mol. The smallest absolute Gasteiger partial charge is 0.407 e. The standard InChI is InChI=1S/C30H39N5O3.C19H28ClN3O2.C19H29N3O3.C11H12N2O/c1-20(2)14-15-33-26-13-10-21(17-31-28(36)38-30(3,4)5)16-24(26)32-27(33)19-35-25-9-7-6-8-22(25)18-34(29(35)37)23-11-12-23;1-13(2)8-9-23-16-7-6-14(10-15(16)22-17(23)11-20)12-21-18(24)25-19(3,4)5;1-13(2)8-9-22-16-7-6-14(10-15(16)21-17(22)12-23)11-20-18(24)25-19(3,4)5;14-11-12-10-4-2-1-3-8(10)7-13(11)9-5-6-9/h6-10,13,16,20,23H,11-12,14-15,17-19H2,1-5H3,(H,31,36);6-7,10,13H,8-9,11-12H2,1-5H3,(H,21,24);6-7,10,13,23H,8-9,11-12H2,1-5H3,(H,20,24);1-4,9H,5-7H2,(H,12,14). The lowest BCUT2D eigenvalue weighted by atomic mass is 10.1. The van der Waals surface area contributed by atoms with Crippen molar-refractivity contribution >= 4 is 86.4 Å². The minimum atomic E-state index is -0.544. The van der Waals surface area contributed by atoms with Crippen LogP contribution in [0.15, 0.2) is 103 Å². The predicted molar refractivity (Wildman–Crippen MR) is 403 cm³/mol. The number of nitrogens with one attached hydrogen (secondary N) is 4. The van der Waals surface area contributed by atoms with Gasteiger partial charge in [-0.3, -0.25) is 4.90 Å². The number of anilines is 2. The Balaban J connectivity index is 0.000000166. The molecule has 23 heteroatoms. The van der Waals surface area contributed by atoms with Crippen molar-refractivity contribution in [2.24, 2.45) is 17.8 Å². The molecule has 7 amide bonds. The van der Waals surface area contributed by atoms with Gasteiger partial charge in [-0.1, -0.05) is 96.1 Å². The molecule has 0 atom stereocenters. The Bertz CT molecular complexity index is 4080. The van der Waals surface area contributed by atoms with Crippen molar-refractivity contribution < 1.29 is 43.3 Å². The summed E-state index contributed by atoms with van der Waals surface area (Å²) in [6, 6.07) is 35.2. The number of alkyl halides is 1. The third kappa shape index (κ3) is 22.1. The van der Waals surface area contributed by atoms with Crippen molar-refractivity contribution in [2.45, 2.75) is 249 Å². The van der Waals surface area contributed by atoms with Crippen LogP contribution in [0.2, 0.25) is 0 Å². The number of benzene rings is 5. The molecular weight excluding hydrogens is 1310 g/mol. The number of hydrogen-bond donors (Lipinski definition) is 5. The summed E-state index contributed by atoms with van der Waals surface area (Å²) in [6.07, 6.45) is 6.30. The van der Waals surface area contributed by atoms with Gasteiger partial charge in [0.25, 0.3) is 0 Å². The van der Waals surface area contributed by atoms with E-state index in [9.17, 15) is 29.1 Å². The lowest BCUT2D eigenvalue weighted by Gasteiger charge is -2.37. The van der Waals surface area contributed by atoms with E-state index < -0.39 is 35.1 Å². The molecule has 0 bridgehead atoms. The van der Waals surface area contributed by atoms with E-state index in [0.717, 1.165) is 144 Å². The molecule has 0 unspecified atom stereocenters. The van der Waals surface area contributed by atoms with Crippen LogP contribution in [0.25, 0.3) is 33.1 Å². The van der Waals surface area contributed by atoms with Gasteiger partial charge in [0.15, 0.2) is 0 Å². The topological polar surface area (TPSA) is 245 Å². The summed E-state index contributed by atoms with van der Waals surface area (Å²) in [6.45, 7) is 35.3. The number of imidazole rings is 3. The Hall–Kier alpha value is -8.89. The highest BCUT2D eigenvalue weighted by Gasteiger charge is 2.40. The Morgan fingerprint density at radius 1 is 0.529 bits per heavy atom. The number of urea groups is 2. The van der Waals surface area contributed by atoms with Crippen molar-refractivity contribution in [2.75, 3.05) is 10.2 Å². The van der Waals surface area contributed by atoms with E-state index in [1.165, 1.54) is 11.1 Å². The summed E-state index contributed by atoms with van der Waals surface area (Å²) in [7, 11) is 0. The van der Waals surface area contributed by atoms with E-state index >= 15 is 0 Å². The van der Waals surface area contributed by atoms with Crippen molar-refractivity contribution in [3.63, 3.8) is 0 Å². The first-order valence-corrected chi connectivity index (χ1v) is 36.7. The molecule has 550 valence electrons. The van der Waals surface area contributed by atoms with E-state index in [1.807, 2.05) is 162 Å². The van der Waals surface area contributed by atoms with Gasteiger partial charge >= 0.3 is 30.3 Å². The van der Waals surface area contributed by atoms with Crippen molar-refractivity contribution in [1.29, 1.82) is 0 Å². The maximum absolute atomic E-state index is 13.6. The minimum absolute atomic E-state index is 0.0613. The van der Waals surface area contributed by atoms with Gasteiger partial charge in [0, 0.05) is 70.1 Å². The number of alkyl carbamates (subject to hydrolysis) is 3. The number of carbonyl (C=O) groups excluding carboxylic acids is 5. The number of halogens is 1. The molecule has 2 fully saturated rings. The maximum atomic E-state index is 13.6. The Kier molecular flexibility index (Phi) is 25.7. The fourth-order valence-electron chi connectivity index (χ4n) is 12.0. The highest BCUT2D eigenvalue weighted by atomic mass is 35.5. The fourth-order valence-corrected chi connectivity index (χ4v) is 12.2. The monoisotopic (exact) mass is 1420 g/mol. The molecule has 5 N–H and O–H groups in total. The van der Waals surface area contributed by atoms with Gasteiger partial charge < -0.3 is 64.1 Å². The number of aliphatic hydroxyl groups excluding tert-OH is 1. The normalized spacial score (nSPS) is 14.5. The zero-order valence-electron chi connectivity index (χ0n) is 62.5. The van der Waals surface area contributed by atoms with Crippen LogP contribution in [-0.4, -0.2) is 103 Å². The molecule has 4 aliphatic rings. The second-order valence-corrected chi connectivity index (χ2v) is 31.5. The molecule has 5 heterocycles. The van der Waals surface area contributed by atoms with E-state index in [1.54, 1.807) is 0 Å². The second kappa shape index (κ2) is 33.9. The third-order valence-corrected chi connectivity index (χ3v) is 17.7. The first kappa shape index (κ1) is 77.3. The van der Waals surface area contributed by atoms with Gasteiger partial charge in [-0.2, -0.15) is 0 Å². The van der Waals surface area contributed by atoms with Crippen molar-refractivity contribution in [3.05, 3.63) is 148 Å². The largest absolute Gasteiger partial charge is 0.444 e. The van der Waals surface area contributed by atoms with Gasteiger partial charge in [-0.15, -0.1) is 11.6 Å². The Labute approximate surface area is 606 Å². The number of aromatic nitrogens is 6. The summed E-state index contributed by atoms with van der Waals surface area (Å²) >= 11 is 6.07. The minimum Gasteiger partial charge on any atom is -0.444 e. The van der Waals surface area contributed by atoms with Crippen molar-refractivity contribution in [3.8, 4) is 0 Å². The summed E-state index contributed by atoms with van der Waals surface area (Å²) in [5.74, 6) is 4.57. The number of hydrogen-bond acceptors (Lipinski definition) is 12. The SMILES string of the molecule is CC(C)CCn1c(CCl)nc2cc(CNC(=O)OC(C)(C)C)ccc21.CC(C)CCn1c(CN2C(=O)N(C3CC3)Cc3ccccc32)nc2cc(CNC(=O)OC(C)(C)C)ccc21.CC(C)CCn1c(CO)nc2cc(CNC(=O)OC(C)(C)C)ccc21.O=C1Nc2ccccc2CN1C1CC1. The molecule has 22 nitrogen and oxygen atoms in total. The Morgan fingerprint density at radius 2 is 0.912 bits per heavy atom. The molecule has 2 saturated carbocycles. The zero-order valence-corrected chi connectivity index (χ0v) is 63.3. The van der Waals surface area contributed by atoms with Crippen LogP contribution in [0.3, 0.4) is 0 Å². The van der Waals surface area contributed by atoms with Crippen LogP contribution in [0, 0.1) is 17.8 Å². The van der Waals surface area contributed by atoms with Crippen LogP contribution >= 0.6 is 11.6 Å². The van der Waals surface area contributed by atoms with Gasteiger partial charge in [0.2, 0.25) is 0 Å². The lowest BCUT2D eigenvalue weighted by Crippen LogP contribution is -2.48. The highest BCUT2D eigenvalue weighted by molar-refractivity contribution is 6.16. The first-order chi connectivity index (χ1) is 48.3.